The molecule has 0 amide bonds. The predicted octanol–water partition coefficient (Wildman–Crippen LogP) is 1.63. The molecule has 1 saturated carbocycles. The van der Waals surface area contributed by atoms with Crippen molar-refractivity contribution in [1.29, 1.82) is 0 Å². The Morgan fingerprint density at radius 3 is 2.67 bits per heavy atom. The summed E-state index contributed by atoms with van der Waals surface area (Å²) in [4.78, 5) is 0. The molecule has 0 spiro atoms. The van der Waals surface area contributed by atoms with Crippen LogP contribution in [0.15, 0.2) is 18.2 Å². The Bertz CT molecular complexity index is 406. The fourth-order valence-electron chi connectivity index (χ4n) is 2.63. The maximum absolute atomic E-state index is 9.11. The third kappa shape index (κ3) is 3.27. The van der Waals surface area contributed by atoms with Crippen molar-refractivity contribution >= 4 is 12.6 Å². The Morgan fingerprint density at radius 1 is 1.28 bits per heavy atom. The molecular formula is C14H21BO3. The van der Waals surface area contributed by atoms with Crippen LogP contribution in [-0.2, 0) is 0 Å². The van der Waals surface area contributed by atoms with Gasteiger partial charge in [-0.25, -0.2) is 0 Å². The second-order valence-electron chi connectivity index (χ2n) is 5.41. The minimum atomic E-state index is -1.41. The summed E-state index contributed by atoms with van der Waals surface area (Å²) in [6.45, 7) is 4.21. The number of rotatable bonds is 3. The lowest BCUT2D eigenvalue weighted by atomic mass is 9.79. The van der Waals surface area contributed by atoms with Crippen LogP contribution in [0.4, 0.5) is 0 Å². The first-order valence-electron chi connectivity index (χ1n) is 6.69. The Hall–Kier alpha value is -0.995. The molecule has 1 aromatic carbocycles. The first kappa shape index (κ1) is 13.4. The van der Waals surface area contributed by atoms with Crippen LogP contribution in [0.1, 0.15) is 38.2 Å². The Balaban J connectivity index is 2.05. The van der Waals surface area contributed by atoms with Gasteiger partial charge in [-0.2, -0.15) is 0 Å². The van der Waals surface area contributed by atoms with Gasteiger partial charge in [-0.3, -0.25) is 0 Å². The van der Waals surface area contributed by atoms with Crippen molar-refractivity contribution in [3.63, 3.8) is 0 Å². The molecule has 0 bridgehead atoms. The highest BCUT2D eigenvalue weighted by Crippen LogP contribution is 2.28. The fourth-order valence-corrected chi connectivity index (χ4v) is 2.63. The van der Waals surface area contributed by atoms with Crippen molar-refractivity contribution in [2.75, 3.05) is 0 Å². The fraction of sp³-hybridized carbons (Fsp3) is 0.571. The van der Waals surface area contributed by atoms with Crippen molar-refractivity contribution in [1.82, 2.24) is 0 Å². The van der Waals surface area contributed by atoms with Crippen LogP contribution < -0.4 is 10.2 Å². The molecule has 2 unspecified atom stereocenters. The van der Waals surface area contributed by atoms with Crippen LogP contribution in [0.5, 0.6) is 5.75 Å². The van der Waals surface area contributed by atoms with E-state index in [0.717, 1.165) is 30.1 Å². The molecule has 2 atom stereocenters. The minimum Gasteiger partial charge on any atom is -0.490 e. The molecule has 4 heteroatoms. The van der Waals surface area contributed by atoms with E-state index < -0.39 is 7.12 Å². The monoisotopic (exact) mass is 248 g/mol. The van der Waals surface area contributed by atoms with Gasteiger partial charge in [-0.1, -0.05) is 25.5 Å². The number of hydrogen-bond acceptors (Lipinski definition) is 3. The zero-order valence-corrected chi connectivity index (χ0v) is 11.1. The Kier molecular flexibility index (Phi) is 4.30. The summed E-state index contributed by atoms with van der Waals surface area (Å²) in [6, 6.07) is 5.31. The molecule has 1 aliphatic rings. The van der Waals surface area contributed by atoms with Crippen LogP contribution in [0.2, 0.25) is 0 Å². The van der Waals surface area contributed by atoms with E-state index in [9.17, 15) is 0 Å². The van der Waals surface area contributed by atoms with E-state index in [-0.39, 0.29) is 0 Å². The van der Waals surface area contributed by atoms with Gasteiger partial charge in [0.15, 0.2) is 0 Å². The van der Waals surface area contributed by atoms with Crippen LogP contribution in [0.25, 0.3) is 0 Å². The van der Waals surface area contributed by atoms with E-state index in [1.807, 2.05) is 13.0 Å². The van der Waals surface area contributed by atoms with Crippen molar-refractivity contribution < 1.29 is 14.8 Å². The van der Waals surface area contributed by atoms with Gasteiger partial charge in [0.05, 0.1) is 6.10 Å². The van der Waals surface area contributed by atoms with Gasteiger partial charge in [-0.05, 0) is 49.2 Å². The predicted molar refractivity (Wildman–Crippen MR) is 73.1 cm³/mol. The highest BCUT2D eigenvalue weighted by atomic mass is 16.5. The zero-order valence-electron chi connectivity index (χ0n) is 11.1. The second kappa shape index (κ2) is 5.76. The van der Waals surface area contributed by atoms with Crippen LogP contribution in [0, 0.1) is 12.8 Å². The summed E-state index contributed by atoms with van der Waals surface area (Å²) >= 11 is 0. The molecule has 0 aliphatic heterocycles. The summed E-state index contributed by atoms with van der Waals surface area (Å²) < 4.78 is 6.03. The van der Waals surface area contributed by atoms with Crippen molar-refractivity contribution in [2.45, 2.75) is 45.6 Å². The lowest BCUT2D eigenvalue weighted by Crippen LogP contribution is -2.30. The molecule has 1 fully saturated rings. The van der Waals surface area contributed by atoms with E-state index >= 15 is 0 Å². The molecule has 0 aromatic heterocycles. The molecular weight excluding hydrogens is 227 g/mol. The van der Waals surface area contributed by atoms with E-state index in [1.54, 1.807) is 12.1 Å². The molecule has 98 valence electrons. The third-order valence-corrected chi connectivity index (χ3v) is 3.68. The van der Waals surface area contributed by atoms with Crippen molar-refractivity contribution in [3.05, 3.63) is 23.8 Å². The average molecular weight is 248 g/mol. The first-order valence-corrected chi connectivity index (χ1v) is 6.69. The lowest BCUT2D eigenvalue weighted by Gasteiger charge is -2.28. The van der Waals surface area contributed by atoms with E-state index in [0.29, 0.717) is 11.6 Å². The van der Waals surface area contributed by atoms with E-state index in [1.165, 1.54) is 12.8 Å². The molecule has 1 aromatic rings. The Labute approximate surface area is 109 Å². The van der Waals surface area contributed by atoms with E-state index in [2.05, 4.69) is 6.92 Å². The first-order chi connectivity index (χ1) is 8.56. The lowest BCUT2D eigenvalue weighted by molar-refractivity contribution is 0.128. The molecule has 1 aliphatic carbocycles. The number of benzene rings is 1. The van der Waals surface area contributed by atoms with Crippen molar-refractivity contribution in [3.8, 4) is 5.75 Å². The molecule has 0 saturated heterocycles. The molecule has 2 N–H and O–H groups in total. The molecule has 0 heterocycles. The van der Waals surface area contributed by atoms with Gasteiger partial charge in [0.1, 0.15) is 5.75 Å². The zero-order chi connectivity index (χ0) is 13.1. The van der Waals surface area contributed by atoms with Gasteiger partial charge in [0.25, 0.3) is 0 Å². The maximum atomic E-state index is 9.11. The number of ether oxygens (including phenoxy) is 1. The summed E-state index contributed by atoms with van der Waals surface area (Å²) in [5.41, 5.74) is 1.47. The summed E-state index contributed by atoms with van der Waals surface area (Å²) in [7, 11) is -1.41. The standard InChI is InChI=1S/C14H21BO3/c1-10-4-3-5-13(8-10)18-14-7-6-12(15(16)17)9-11(14)2/h6-7,9-10,13,16-17H,3-5,8H2,1-2H3. The van der Waals surface area contributed by atoms with Gasteiger partial charge in [0.2, 0.25) is 0 Å². The Morgan fingerprint density at radius 2 is 2.06 bits per heavy atom. The minimum absolute atomic E-state index is 0.303. The molecule has 2 rings (SSSR count). The van der Waals surface area contributed by atoms with E-state index in [4.69, 9.17) is 14.8 Å². The van der Waals surface area contributed by atoms with Crippen LogP contribution in [0.3, 0.4) is 0 Å². The molecule has 0 radical (unpaired) electrons. The SMILES string of the molecule is Cc1cc(B(O)O)ccc1OC1CCCC(C)C1. The smallest absolute Gasteiger partial charge is 0.488 e. The highest BCUT2D eigenvalue weighted by molar-refractivity contribution is 6.58. The summed E-state index contributed by atoms with van der Waals surface area (Å²) in [6.07, 6.45) is 5.07. The normalized spacial score (nSPS) is 23.8. The largest absolute Gasteiger partial charge is 0.490 e. The van der Waals surface area contributed by atoms with Gasteiger partial charge in [-0.15, -0.1) is 0 Å². The average Bonchev–Trinajstić information content (AvgIpc) is 2.31. The van der Waals surface area contributed by atoms with Gasteiger partial charge < -0.3 is 14.8 Å². The summed E-state index contributed by atoms with van der Waals surface area (Å²) in [5, 5.41) is 18.2. The number of aryl methyl sites for hydroxylation is 1. The maximum Gasteiger partial charge on any atom is 0.488 e. The number of hydrogen-bond donors (Lipinski definition) is 2. The van der Waals surface area contributed by atoms with Crippen LogP contribution >= 0.6 is 0 Å². The molecule has 18 heavy (non-hydrogen) atoms. The highest BCUT2D eigenvalue weighted by Gasteiger charge is 2.21. The topological polar surface area (TPSA) is 49.7 Å². The summed E-state index contributed by atoms with van der Waals surface area (Å²) in [5.74, 6) is 1.60. The van der Waals surface area contributed by atoms with Gasteiger partial charge in [0, 0.05) is 0 Å². The van der Waals surface area contributed by atoms with Gasteiger partial charge >= 0.3 is 7.12 Å². The van der Waals surface area contributed by atoms with Crippen LogP contribution in [-0.4, -0.2) is 23.3 Å². The second-order valence-corrected chi connectivity index (χ2v) is 5.41. The quantitative estimate of drug-likeness (QED) is 0.799. The third-order valence-electron chi connectivity index (χ3n) is 3.68. The molecule has 3 nitrogen and oxygen atoms in total. The van der Waals surface area contributed by atoms with Crippen molar-refractivity contribution in [2.24, 2.45) is 5.92 Å².